The number of benzene rings is 1. The molecule has 21 heavy (non-hydrogen) atoms. The number of thiophene rings is 1. The molecular weight excluding hydrogens is 372 g/mol. The number of sulfonamides is 1. The third-order valence-electron chi connectivity index (χ3n) is 3.50. The summed E-state index contributed by atoms with van der Waals surface area (Å²) in [6.07, 6.45) is 0.953. The normalized spacial score (nSPS) is 14.2. The minimum atomic E-state index is -3.46. The molecule has 1 aromatic carbocycles. The van der Waals surface area contributed by atoms with Crippen LogP contribution in [0.5, 0.6) is 0 Å². The molecule has 7 heteroatoms. The van der Waals surface area contributed by atoms with Crippen molar-refractivity contribution in [2.24, 2.45) is 0 Å². The summed E-state index contributed by atoms with van der Waals surface area (Å²) in [5.41, 5.74) is 2.11. The number of hydrogen-bond acceptors (Lipinski definition) is 4. The van der Waals surface area contributed by atoms with Gasteiger partial charge in [-0.2, -0.15) is 4.31 Å². The van der Waals surface area contributed by atoms with Crippen molar-refractivity contribution in [1.82, 2.24) is 4.31 Å². The van der Waals surface area contributed by atoms with Gasteiger partial charge in [0.1, 0.15) is 0 Å². The number of nitrogens with zero attached hydrogens (tertiary/aromatic N) is 1. The fraction of sp³-hybridized carbons (Fsp3) is 0.286. The number of hydrogen-bond donors (Lipinski definition) is 1. The highest BCUT2D eigenvalue weighted by molar-refractivity contribution is 9.10. The second-order valence-electron chi connectivity index (χ2n) is 4.99. The predicted octanol–water partition coefficient (Wildman–Crippen LogP) is 3.30. The molecule has 0 atom stereocenters. The summed E-state index contributed by atoms with van der Waals surface area (Å²) in [6.45, 7) is 1.25. The zero-order chi connectivity index (χ0) is 15.0. The van der Waals surface area contributed by atoms with Gasteiger partial charge < -0.3 is 5.32 Å². The fourth-order valence-electron chi connectivity index (χ4n) is 2.35. The van der Waals surface area contributed by atoms with Crippen molar-refractivity contribution >= 4 is 43.0 Å². The van der Waals surface area contributed by atoms with Crippen LogP contribution in [0, 0.1) is 0 Å². The van der Waals surface area contributed by atoms with E-state index < -0.39 is 10.0 Å². The lowest BCUT2D eigenvalue weighted by molar-refractivity contribution is 0.469. The molecule has 1 aromatic heterocycles. The van der Waals surface area contributed by atoms with Gasteiger partial charge in [0.05, 0.1) is 4.90 Å². The molecule has 4 nitrogen and oxygen atoms in total. The Hall–Kier alpha value is -0.890. The molecule has 2 aromatic rings. The van der Waals surface area contributed by atoms with Crippen LogP contribution in [0.25, 0.3) is 0 Å². The average molecular weight is 387 g/mol. The van der Waals surface area contributed by atoms with Crippen molar-refractivity contribution < 1.29 is 8.42 Å². The summed E-state index contributed by atoms with van der Waals surface area (Å²) >= 11 is 4.93. The minimum Gasteiger partial charge on any atom is -0.384 e. The molecule has 0 unspecified atom stereocenters. The van der Waals surface area contributed by atoms with E-state index in [4.69, 9.17) is 0 Å². The lowest BCUT2D eigenvalue weighted by Gasteiger charge is -2.17. The molecule has 0 fully saturated rings. The van der Waals surface area contributed by atoms with E-state index in [1.807, 2.05) is 17.5 Å². The molecule has 0 amide bonds. The molecule has 0 aliphatic carbocycles. The maximum Gasteiger partial charge on any atom is 0.243 e. The van der Waals surface area contributed by atoms with E-state index in [0.717, 1.165) is 28.0 Å². The first-order valence-corrected chi connectivity index (χ1v) is 9.64. The zero-order valence-electron chi connectivity index (χ0n) is 11.5. The van der Waals surface area contributed by atoms with Crippen molar-refractivity contribution in [3.05, 3.63) is 44.6 Å². The lowest BCUT2D eigenvalue weighted by atomic mass is 10.2. The first kappa shape index (κ1) is 15.0. The van der Waals surface area contributed by atoms with Crippen molar-refractivity contribution in [2.75, 3.05) is 18.9 Å². The van der Waals surface area contributed by atoms with Crippen molar-refractivity contribution in [2.45, 2.75) is 17.9 Å². The van der Waals surface area contributed by atoms with Gasteiger partial charge in [-0.3, -0.25) is 0 Å². The van der Waals surface area contributed by atoms with Gasteiger partial charge in [0.15, 0.2) is 0 Å². The third kappa shape index (κ3) is 3.01. The topological polar surface area (TPSA) is 49.4 Å². The summed E-state index contributed by atoms with van der Waals surface area (Å²) in [4.78, 5) is 1.35. The molecular formula is C14H15BrN2O2S2. The second-order valence-corrected chi connectivity index (χ2v) is 8.94. The van der Waals surface area contributed by atoms with E-state index in [2.05, 4.69) is 21.2 Å². The summed E-state index contributed by atoms with van der Waals surface area (Å²) in [5.74, 6) is 0. The van der Waals surface area contributed by atoms with Gasteiger partial charge in [-0.1, -0.05) is 6.07 Å². The smallest absolute Gasteiger partial charge is 0.243 e. The SMILES string of the molecule is CN(Cc1cc(Br)cs1)S(=O)(=O)c1ccc2c(c1)NCC2. The number of halogens is 1. The van der Waals surface area contributed by atoms with Gasteiger partial charge in [-0.15, -0.1) is 11.3 Å². The van der Waals surface area contributed by atoms with Crippen molar-refractivity contribution in [1.29, 1.82) is 0 Å². The molecule has 0 radical (unpaired) electrons. The van der Waals surface area contributed by atoms with Gasteiger partial charge in [-0.25, -0.2) is 8.42 Å². The van der Waals surface area contributed by atoms with Gasteiger partial charge in [0.25, 0.3) is 0 Å². The molecule has 112 valence electrons. The quantitative estimate of drug-likeness (QED) is 0.876. The fourth-order valence-corrected chi connectivity index (χ4v) is 5.11. The van der Waals surface area contributed by atoms with Gasteiger partial charge in [0, 0.05) is 40.6 Å². The van der Waals surface area contributed by atoms with E-state index in [1.165, 1.54) is 9.87 Å². The zero-order valence-corrected chi connectivity index (χ0v) is 14.7. The molecule has 0 bridgehead atoms. The molecule has 0 saturated carbocycles. The minimum absolute atomic E-state index is 0.341. The molecule has 2 heterocycles. The first-order valence-electron chi connectivity index (χ1n) is 6.53. The highest BCUT2D eigenvalue weighted by atomic mass is 79.9. The Morgan fingerprint density at radius 1 is 1.38 bits per heavy atom. The standard InChI is InChI=1S/C14H15BrN2O2S2/c1-17(8-12-6-11(15)9-20-12)21(18,19)13-3-2-10-4-5-16-14(10)7-13/h2-3,6-7,9,16H,4-5,8H2,1H3. The maximum atomic E-state index is 12.6. The highest BCUT2D eigenvalue weighted by Gasteiger charge is 2.23. The molecule has 0 spiro atoms. The lowest BCUT2D eigenvalue weighted by Crippen LogP contribution is -2.26. The number of rotatable bonds is 4. The number of nitrogens with one attached hydrogen (secondary N) is 1. The summed E-state index contributed by atoms with van der Waals surface area (Å²) in [7, 11) is -1.85. The van der Waals surface area contributed by atoms with Crippen molar-refractivity contribution in [3.8, 4) is 0 Å². The Bertz CT molecular complexity index is 771. The van der Waals surface area contributed by atoms with E-state index in [-0.39, 0.29) is 0 Å². The maximum absolute atomic E-state index is 12.6. The van der Waals surface area contributed by atoms with Crippen LogP contribution in [0.1, 0.15) is 10.4 Å². The van der Waals surface area contributed by atoms with Crippen LogP contribution in [0.2, 0.25) is 0 Å². The summed E-state index contributed by atoms with van der Waals surface area (Å²) in [5, 5.41) is 5.17. The largest absolute Gasteiger partial charge is 0.384 e. The molecule has 1 aliphatic rings. The van der Waals surface area contributed by atoms with Crippen LogP contribution in [-0.2, 0) is 23.0 Å². The number of anilines is 1. The molecule has 0 saturated heterocycles. The van der Waals surface area contributed by atoms with Gasteiger partial charge in [0.2, 0.25) is 10.0 Å². The van der Waals surface area contributed by atoms with Crippen LogP contribution < -0.4 is 5.32 Å². The summed E-state index contributed by atoms with van der Waals surface area (Å²) < 4.78 is 27.6. The van der Waals surface area contributed by atoms with E-state index in [1.54, 1.807) is 30.5 Å². The van der Waals surface area contributed by atoms with Crippen LogP contribution in [0.15, 0.2) is 39.0 Å². The second kappa shape index (κ2) is 5.72. The third-order valence-corrected chi connectivity index (χ3v) is 6.98. The van der Waals surface area contributed by atoms with E-state index in [0.29, 0.717) is 11.4 Å². The average Bonchev–Trinajstić information content (AvgIpc) is 3.06. The van der Waals surface area contributed by atoms with Crippen LogP contribution in [-0.4, -0.2) is 26.3 Å². The van der Waals surface area contributed by atoms with Crippen molar-refractivity contribution in [3.63, 3.8) is 0 Å². The van der Waals surface area contributed by atoms with Crippen LogP contribution in [0.3, 0.4) is 0 Å². The van der Waals surface area contributed by atoms with E-state index in [9.17, 15) is 8.42 Å². The Morgan fingerprint density at radius 3 is 2.90 bits per heavy atom. The predicted molar refractivity (Wildman–Crippen MR) is 89.3 cm³/mol. The van der Waals surface area contributed by atoms with Gasteiger partial charge >= 0.3 is 0 Å². The monoisotopic (exact) mass is 386 g/mol. The first-order chi connectivity index (χ1) is 9.96. The Morgan fingerprint density at radius 2 is 2.19 bits per heavy atom. The molecule has 1 aliphatic heterocycles. The van der Waals surface area contributed by atoms with Crippen LogP contribution >= 0.6 is 27.3 Å². The summed E-state index contributed by atoms with van der Waals surface area (Å²) in [6, 6.07) is 7.28. The molecule has 3 rings (SSSR count). The Labute approximate surface area is 137 Å². The van der Waals surface area contributed by atoms with Gasteiger partial charge in [-0.05, 0) is 46.1 Å². The van der Waals surface area contributed by atoms with E-state index >= 15 is 0 Å². The Kier molecular flexibility index (Phi) is 4.09. The van der Waals surface area contributed by atoms with Crippen LogP contribution in [0.4, 0.5) is 5.69 Å². The highest BCUT2D eigenvalue weighted by Crippen LogP contribution is 2.28. The molecule has 1 N–H and O–H groups in total. The number of fused-ring (bicyclic) bond motifs is 1. The Balaban J connectivity index is 1.85.